The van der Waals surface area contributed by atoms with Gasteiger partial charge in [0.15, 0.2) is 0 Å². The molecule has 0 heterocycles. The molecule has 0 fully saturated rings. The minimum atomic E-state index is -0.534. The lowest BCUT2D eigenvalue weighted by Gasteiger charge is -2.03. The number of carbonyl (C=O) groups excluding carboxylic acids is 1. The SMILES string of the molecule is O=C(N/N=C/c1ccc(O)cc1)NNCCO. The number of amides is 2. The van der Waals surface area contributed by atoms with Crippen LogP contribution < -0.4 is 16.3 Å². The summed E-state index contributed by atoms with van der Waals surface area (Å²) in [5, 5.41) is 21.2. The second kappa shape index (κ2) is 7.20. The maximum atomic E-state index is 11.0. The van der Waals surface area contributed by atoms with Gasteiger partial charge in [0.25, 0.3) is 0 Å². The molecule has 2 amide bonds. The molecule has 1 rings (SSSR count). The highest BCUT2D eigenvalue weighted by molar-refractivity contribution is 5.81. The lowest BCUT2D eigenvalue weighted by Crippen LogP contribution is -2.43. The molecule has 0 saturated carbocycles. The molecule has 0 unspecified atom stereocenters. The van der Waals surface area contributed by atoms with E-state index >= 15 is 0 Å². The molecule has 0 aromatic heterocycles. The number of carbonyl (C=O) groups is 1. The minimum Gasteiger partial charge on any atom is -0.508 e. The highest BCUT2D eigenvalue weighted by Gasteiger charge is 1.94. The van der Waals surface area contributed by atoms with E-state index in [9.17, 15) is 4.79 Å². The summed E-state index contributed by atoms with van der Waals surface area (Å²) in [4.78, 5) is 11.0. The molecule has 0 atom stereocenters. The molecule has 7 heteroatoms. The Labute approximate surface area is 98.1 Å². The van der Waals surface area contributed by atoms with Crippen LogP contribution in [0.25, 0.3) is 0 Å². The van der Waals surface area contributed by atoms with Crippen molar-refractivity contribution >= 4 is 12.2 Å². The Morgan fingerprint density at radius 3 is 2.71 bits per heavy atom. The van der Waals surface area contributed by atoms with Crippen molar-refractivity contribution in [3.8, 4) is 5.75 Å². The van der Waals surface area contributed by atoms with Crippen LogP contribution in [0.3, 0.4) is 0 Å². The zero-order valence-corrected chi connectivity index (χ0v) is 9.05. The van der Waals surface area contributed by atoms with Crippen molar-refractivity contribution < 1.29 is 15.0 Å². The van der Waals surface area contributed by atoms with Crippen molar-refractivity contribution in [2.24, 2.45) is 5.10 Å². The number of rotatable bonds is 5. The first-order chi connectivity index (χ1) is 8.22. The first kappa shape index (κ1) is 12.9. The number of aliphatic hydroxyl groups excluding tert-OH is 1. The minimum absolute atomic E-state index is 0.0724. The van der Waals surface area contributed by atoms with Crippen LogP contribution in [-0.2, 0) is 0 Å². The van der Waals surface area contributed by atoms with E-state index in [0.717, 1.165) is 5.56 Å². The van der Waals surface area contributed by atoms with Crippen LogP contribution in [0.2, 0.25) is 0 Å². The van der Waals surface area contributed by atoms with E-state index in [1.54, 1.807) is 12.1 Å². The van der Waals surface area contributed by atoms with Crippen molar-refractivity contribution in [1.82, 2.24) is 16.3 Å². The topological polar surface area (TPSA) is 106 Å². The maximum Gasteiger partial charge on any atom is 0.349 e. The van der Waals surface area contributed by atoms with Gasteiger partial charge < -0.3 is 10.2 Å². The van der Waals surface area contributed by atoms with Crippen LogP contribution >= 0.6 is 0 Å². The molecule has 0 aliphatic heterocycles. The number of nitrogens with zero attached hydrogens (tertiary/aromatic N) is 1. The molecule has 5 N–H and O–H groups in total. The number of hydrazine groups is 1. The molecule has 0 radical (unpaired) electrons. The van der Waals surface area contributed by atoms with Gasteiger partial charge in [-0.05, 0) is 29.8 Å². The van der Waals surface area contributed by atoms with Crippen LogP contribution in [0.1, 0.15) is 5.56 Å². The number of nitrogens with one attached hydrogen (secondary N) is 3. The first-order valence-corrected chi connectivity index (χ1v) is 4.94. The van der Waals surface area contributed by atoms with Crippen molar-refractivity contribution in [1.29, 1.82) is 0 Å². The Hall–Kier alpha value is -2.12. The van der Waals surface area contributed by atoms with E-state index in [1.165, 1.54) is 18.3 Å². The van der Waals surface area contributed by atoms with Crippen LogP contribution in [0, 0.1) is 0 Å². The zero-order chi connectivity index (χ0) is 12.5. The molecule has 1 aromatic carbocycles. The summed E-state index contributed by atoms with van der Waals surface area (Å²) < 4.78 is 0. The fourth-order valence-corrected chi connectivity index (χ4v) is 0.952. The molecule has 92 valence electrons. The van der Waals surface area contributed by atoms with Crippen molar-refractivity contribution in [3.05, 3.63) is 29.8 Å². The largest absolute Gasteiger partial charge is 0.508 e. The molecule has 17 heavy (non-hydrogen) atoms. The number of hydrogen-bond acceptors (Lipinski definition) is 5. The molecule has 1 aromatic rings. The summed E-state index contributed by atoms with van der Waals surface area (Å²) >= 11 is 0. The fourth-order valence-electron chi connectivity index (χ4n) is 0.952. The van der Waals surface area contributed by atoms with E-state index in [2.05, 4.69) is 21.4 Å². The molecule has 0 bridgehead atoms. The second-order valence-electron chi connectivity index (χ2n) is 3.07. The lowest BCUT2D eigenvalue weighted by molar-refractivity contribution is 0.232. The van der Waals surface area contributed by atoms with Gasteiger partial charge in [0.2, 0.25) is 0 Å². The van der Waals surface area contributed by atoms with Crippen molar-refractivity contribution in [3.63, 3.8) is 0 Å². The van der Waals surface area contributed by atoms with Gasteiger partial charge in [0.1, 0.15) is 5.75 Å². The lowest BCUT2D eigenvalue weighted by atomic mass is 10.2. The summed E-state index contributed by atoms with van der Waals surface area (Å²) in [6.45, 7) is 0.187. The first-order valence-electron chi connectivity index (χ1n) is 4.94. The van der Waals surface area contributed by atoms with E-state index < -0.39 is 6.03 Å². The summed E-state index contributed by atoms with van der Waals surface area (Å²) in [6.07, 6.45) is 1.44. The number of phenolic OH excluding ortho intramolecular Hbond substituents is 1. The number of hydrogen-bond donors (Lipinski definition) is 5. The fraction of sp³-hybridized carbons (Fsp3) is 0.200. The van der Waals surface area contributed by atoms with Gasteiger partial charge in [-0.15, -0.1) is 0 Å². The number of aliphatic hydroxyl groups is 1. The van der Waals surface area contributed by atoms with Gasteiger partial charge in [0, 0.05) is 6.54 Å². The summed E-state index contributed by atoms with van der Waals surface area (Å²) in [7, 11) is 0. The molecule has 7 nitrogen and oxygen atoms in total. The van der Waals surface area contributed by atoms with Gasteiger partial charge in [0.05, 0.1) is 12.8 Å². The van der Waals surface area contributed by atoms with Crippen LogP contribution in [-0.4, -0.2) is 35.6 Å². The predicted octanol–water partition coefficient (Wildman–Crippen LogP) is -0.478. The number of phenols is 1. The molecular formula is C10H14N4O3. The molecule has 0 aliphatic carbocycles. The average molecular weight is 238 g/mol. The van der Waals surface area contributed by atoms with Gasteiger partial charge in [-0.1, -0.05) is 0 Å². The smallest absolute Gasteiger partial charge is 0.349 e. The summed E-state index contributed by atoms with van der Waals surface area (Å²) in [6, 6.07) is 5.81. The molecule has 0 aliphatic rings. The average Bonchev–Trinajstić information content (AvgIpc) is 2.32. The van der Waals surface area contributed by atoms with E-state index in [4.69, 9.17) is 10.2 Å². The Bertz CT molecular complexity index is 378. The van der Waals surface area contributed by atoms with Gasteiger partial charge in [-0.2, -0.15) is 5.10 Å². The number of aromatic hydroxyl groups is 1. The Kier molecular flexibility index (Phi) is 5.49. The van der Waals surface area contributed by atoms with Gasteiger partial charge >= 0.3 is 6.03 Å². The molecular weight excluding hydrogens is 224 g/mol. The van der Waals surface area contributed by atoms with Crippen LogP contribution in [0.5, 0.6) is 5.75 Å². The van der Waals surface area contributed by atoms with Crippen LogP contribution in [0.15, 0.2) is 29.4 Å². The third-order valence-corrected chi connectivity index (χ3v) is 1.71. The Morgan fingerprint density at radius 2 is 2.06 bits per heavy atom. The van der Waals surface area contributed by atoms with Crippen molar-refractivity contribution in [2.75, 3.05) is 13.2 Å². The second-order valence-corrected chi connectivity index (χ2v) is 3.07. The van der Waals surface area contributed by atoms with E-state index in [-0.39, 0.29) is 18.9 Å². The highest BCUT2D eigenvalue weighted by Crippen LogP contribution is 2.07. The monoisotopic (exact) mass is 238 g/mol. The number of benzene rings is 1. The van der Waals surface area contributed by atoms with Crippen LogP contribution in [0.4, 0.5) is 4.79 Å². The quantitative estimate of drug-likeness (QED) is 0.271. The third kappa shape index (κ3) is 5.50. The van der Waals surface area contributed by atoms with Gasteiger partial charge in [-0.3, -0.25) is 5.43 Å². The van der Waals surface area contributed by atoms with Gasteiger partial charge in [-0.25, -0.2) is 15.6 Å². The highest BCUT2D eigenvalue weighted by atomic mass is 16.3. The summed E-state index contributed by atoms with van der Waals surface area (Å²) in [5.41, 5.74) is 7.70. The van der Waals surface area contributed by atoms with E-state index in [1.807, 2.05) is 0 Å². The third-order valence-electron chi connectivity index (χ3n) is 1.71. The molecule has 0 spiro atoms. The Morgan fingerprint density at radius 1 is 1.35 bits per heavy atom. The predicted molar refractivity (Wildman–Crippen MR) is 62.5 cm³/mol. The standard InChI is InChI=1S/C10H14N4O3/c15-6-5-11-13-10(17)14-12-7-8-1-3-9(16)4-2-8/h1-4,7,11,15-16H,5-6H2,(H2,13,14,17)/b12-7+. The molecule has 0 saturated heterocycles. The maximum absolute atomic E-state index is 11.0. The number of hydrazone groups is 1. The van der Waals surface area contributed by atoms with Crippen molar-refractivity contribution in [2.45, 2.75) is 0 Å². The zero-order valence-electron chi connectivity index (χ0n) is 9.05. The van der Waals surface area contributed by atoms with E-state index in [0.29, 0.717) is 0 Å². The normalized spacial score (nSPS) is 10.4. The summed E-state index contributed by atoms with van der Waals surface area (Å²) in [5.74, 6) is 0.168. The Balaban J connectivity index is 2.29. The number of urea groups is 1.